The summed E-state index contributed by atoms with van der Waals surface area (Å²) in [5.41, 5.74) is 1.13. The van der Waals surface area contributed by atoms with E-state index in [4.69, 9.17) is 4.42 Å². The van der Waals surface area contributed by atoms with E-state index in [2.05, 4.69) is 20.5 Å². The van der Waals surface area contributed by atoms with Crippen LogP contribution in [0.15, 0.2) is 22.7 Å². The largest absolute Gasteiger partial charge is 0.425 e. The Bertz CT molecular complexity index is 728. The summed E-state index contributed by atoms with van der Waals surface area (Å²) >= 11 is 0. The molecule has 1 amide bonds. The van der Waals surface area contributed by atoms with Crippen molar-refractivity contribution in [3.05, 3.63) is 35.7 Å². The first-order chi connectivity index (χ1) is 12.1. The number of anilines is 1. The zero-order valence-electron chi connectivity index (χ0n) is 15.0. The van der Waals surface area contributed by atoms with Crippen molar-refractivity contribution in [2.75, 3.05) is 18.9 Å². The lowest BCUT2D eigenvalue weighted by Crippen LogP contribution is -2.30. The quantitative estimate of drug-likeness (QED) is 0.868. The normalized spacial score (nSPS) is 17.3. The van der Waals surface area contributed by atoms with Gasteiger partial charge in [-0.3, -0.25) is 4.79 Å². The molecule has 1 saturated heterocycles. The highest BCUT2D eigenvalue weighted by molar-refractivity contribution is 5.77. The number of aryl methyl sites for hydroxylation is 1. The van der Waals surface area contributed by atoms with Crippen LogP contribution in [0.1, 0.15) is 62.4 Å². The monoisotopic (exact) mass is 343 g/mol. The number of carbonyl (C=O) groups is 1. The van der Waals surface area contributed by atoms with Crippen LogP contribution >= 0.6 is 0 Å². The molecule has 0 aromatic carbocycles. The van der Waals surface area contributed by atoms with Crippen LogP contribution in [0.3, 0.4) is 0 Å². The average Bonchev–Trinajstić information content (AvgIpc) is 3.29. The van der Waals surface area contributed by atoms with E-state index in [1.54, 1.807) is 6.20 Å². The molecule has 1 atom stereocenters. The van der Waals surface area contributed by atoms with E-state index in [1.165, 1.54) is 0 Å². The second-order valence-corrected chi connectivity index (χ2v) is 6.66. The summed E-state index contributed by atoms with van der Waals surface area (Å²) in [6, 6.07) is 4.13. The molecular weight excluding hydrogens is 318 g/mol. The lowest BCUT2D eigenvalue weighted by atomic mass is 10.1. The van der Waals surface area contributed by atoms with Crippen molar-refractivity contribution >= 4 is 11.7 Å². The number of carbonyl (C=O) groups excluding carboxylic acids is 1. The predicted octanol–water partition coefficient (Wildman–Crippen LogP) is 2.93. The van der Waals surface area contributed by atoms with E-state index in [-0.39, 0.29) is 17.9 Å². The summed E-state index contributed by atoms with van der Waals surface area (Å²) in [7, 11) is 1.85. The van der Waals surface area contributed by atoms with Gasteiger partial charge in [-0.05, 0) is 30.5 Å². The second-order valence-electron chi connectivity index (χ2n) is 6.66. The smallest absolute Gasteiger partial charge is 0.223 e. The number of hydrogen-bond acceptors (Lipinski definition) is 6. The molecule has 3 rings (SSSR count). The van der Waals surface area contributed by atoms with Gasteiger partial charge < -0.3 is 14.6 Å². The van der Waals surface area contributed by atoms with Crippen LogP contribution in [-0.4, -0.2) is 39.6 Å². The van der Waals surface area contributed by atoms with Gasteiger partial charge in [-0.2, -0.15) is 0 Å². The molecule has 1 fully saturated rings. The maximum absolute atomic E-state index is 12.7. The molecule has 2 aromatic heterocycles. The molecule has 7 nitrogen and oxygen atoms in total. The molecular formula is C18H25N5O2. The van der Waals surface area contributed by atoms with Crippen LogP contribution in [0.4, 0.5) is 5.82 Å². The van der Waals surface area contributed by atoms with Crippen molar-refractivity contribution < 1.29 is 9.21 Å². The molecule has 0 spiro atoms. The predicted molar refractivity (Wildman–Crippen MR) is 94.2 cm³/mol. The van der Waals surface area contributed by atoms with Gasteiger partial charge >= 0.3 is 0 Å². The molecule has 1 aliphatic heterocycles. The summed E-state index contributed by atoms with van der Waals surface area (Å²) in [5.74, 6) is 2.32. The van der Waals surface area contributed by atoms with Gasteiger partial charge in [0.05, 0.1) is 6.04 Å². The number of likely N-dealkylation sites (tertiary alicyclic amines) is 1. The molecule has 1 N–H and O–H groups in total. The summed E-state index contributed by atoms with van der Waals surface area (Å²) in [4.78, 5) is 18.9. The Morgan fingerprint density at radius 1 is 1.44 bits per heavy atom. The third-order valence-corrected chi connectivity index (χ3v) is 4.53. The molecule has 0 bridgehead atoms. The van der Waals surface area contributed by atoms with Gasteiger partial charge in [0.1, 0.15) is 5.82 Å². The Morgan fingerprint density at radius 2 is 2.28 bits per heavy atom. The van der Waals surface area contributed by atoms with Crippen molar-refractivity contribution in [1.29, 1.82) is 0 Å². The summed E-state index contributed by atoms with van der Waals surface area (Å²) in [5, 5.41) is 11.1. The Kier molecular flexibility index (Phi) is 5.31. The van der Waals surface area contributed by atoms with E-state index in [0.29, 0.717) is 24.6 Å². The van der Waals surface area contributed by atoms with Crippen LogP contribution in [0.2, 0.25) is 0 Å². The Labute approximate surface area is 147 Å². The highest BCUT2D eigenvalue weighted by Gasteiger charge is 2.30. The highest BCUT2D eigenvalue weighted by Crippen LogP contribution is 2.33. The minimum atomic E-state index is 0.122. The van der Waals surface area contributed by atoms with E-state index in [9.17, 15) is 4.79 Å². The highest BCUT2D eigenvalue weighted by atomic mass is 16.4. The fourth-order valence-electron chi connectivity index (χ4n) is 3.16. The Balaban J connectivity index is 1.63. The first-order valence-corrected chi connectivity index (χ1v) is 8.84. The zero-order valence-corrected chi connectivity index (χ0v) is 15.0. The van der Waals surface area contributed by atoms with Crippen molar-refractivity contribution in [1.82, 2.24) is 20.1 Å². The third kappa shape index (κ3) is 3.97. The van der Waals surface area contributed by atoms with Crippen molar-refractivity contribution in [3.63, 3.8) is 0 Å². The van der Waals surface area contributed by atoms with Gasteiger partial charge in [0.15, 0.2) is 0 Å². The Hall–Kier alpha value is -2.44. The molecule has 0 radical (unpaired) electrons. The van der Waals surface area contributed by atoms with Crippen LogP contribution < -0.4 is 5.32 Å². The number of nitrogens with zero attached hydrogens (tertiary/aromatic N) is 4. The molecule has 0 aliphatic carbocycles. The lowest BCUT2D eigenvalue weighted by molar-refractivity contribution is -0.132. The van der Waals surface area contributed by atoms with Gasteiger partial charge in [0, 0.05) is 38.5 Å². The molecule has 0 saturated carbocycles. The number of pyridine rings is 1. The number of hydrogen-bond donors (Lipinski definition) is 1. The van der Waals surface area contributed by atoms with Gasteiger partial charge in [0.25, 0.3) is 0 Å². The van der Waals surface area contributed by atoms with E-state index >= 15 is 0 Å². The molecule has 134 valence electrons. The molecule has 3 heterocycles. The van der Waals surface area contributed by atoms with Crippen molar-refractivity contribution in [2.24, 2.45) is 0 Å². The summed E-state index contributed by atoms with van der Waals surface area (Å²) in [6.45, 7) is 4.80. The maximum atomic E-state index is 12.7. The molecule has 1 unspecified atom stereocenters. The van der Waals surface area contributed by atoms with E-state index in [1.807, 2.05) is 37.9 Å². The van der Waals surface area contributed by atoms with Crippen molar-refractivity contribution in [3.8, 4) is 0 Å². The molecule has 1 aliphatic rings. The SMILES string of the molecule is CNc1cc(C2CCCN2C(=O)CCc2nnc(C(C)C)o2)ccn1. The fourth-order valence-corrected chi connectivity index (χ4v) is 3.16. The second kappa shape index (κ2) is 7.63. The average molecular weight is 343 g/mol. The maximum Gasteiger partial charge on any atom is 0.223 e. The fraction of sp³-hybridized carbons (Fsp3) is 0.556. The lowest BCUT2D eigenvalue weighted by Gasteiger charge is -2.25. The number of aromatic nitrogens is 3. The van der Waals surface area contributed by atoms with Crippen LogP contribution in [-0.2, 0) is 11.2 Å². The first kappa shape index (κ1) is 17.4. The van der Waals surface area contributed by atoms with Crippen LogP contribution in [0, 0.1) is 0 Å². The molecule has 25 heavy (non-hydrogen) atoms. The van der Waals surface area contributed by atoms with Crippen molar-refractivity contribution in [2.45, 2.75) is 51.5 Å². The summed E-state index contributed by atoms with van der Waals surface area (Å²) < 4.78 is 5.59. The first-order valence-electron chi connectivity index (χ1n) is 8.84. The van der Waals surface area contributed by atoms with Gasteiger partial charge in [-0.15, -0.1) is 10.2 Å². The van der Waals surface area contributed by atoms with Crippen LogP contribution in [0.5, 0.6) is 0 Å². The Morgan fingerprint density at radius 3 is 3.00 bits per heavy atom. The zero-order chi connectivity index (χ0) is 17.8. The molecule has 2 aromatic rings. The third-order valence-electron chi connectivity index (χ3n) is 4.53. The number of amides is 1. The van der Waals surface area contributed by atoms with Crippen LogP contribution in [0.25, 0.3) is 0 Å². The van der Waals surface area contributed by atoms with E-state index in [0.717, 1.165) is 30.8 Å². The number of nitrogens with one attached hydrogen (secondary N) is 1. The minimum Gasteiger partial charge on any atom is -0.425 e. The number of rotatable bonds is 6. The van der Waals surface area contributed by atoms with E-state index < -0.39 is 0 Å². The topological polar surface area (TPSA) is 84.2 Å². The summed E-state index contributed by atoms with van der Waals surface area (Å²) in [6.07, 6.45) is 4.66. The van der Waals surface area contributed by atoms with Gasteiger partial charge in [-0.25, -0.2) is 4.98 Å². The standard InChI is InChI=1S/C18H25N5O2/c1-12(2)18-22-21-16(25-18)6-7-17(24)23-10-4-5-14(23)13-8-9-20-15(11-13)19-3/h8-9,11-12,14H,4-7,10H2,1-3H3,(H,19,20). The van der Waals surface area contributed by atoms with Gasteiger partial charge in [0.2, 0.25) is 17.7 Å². The minimum absolute atomic E-state index is 0.122. The van der Waals surface area contributed by atoms with Gasteiger partial charge in [-0.1, -0.05) is 13.8 Å². The molecule has 7 heteroatoms.